The molecule has 0 unspecified atom stereocenters. The molecule has 1 aromatic carbocycles. The highest BCUT2D eigenvalue weighted by Gasteiger charge is 2.55. The molecular formula is C27H32N2O3S. The van der Waals surface area contributed by atoms with Crippen molar-refractivity contribution in [3.63, 3.8) is 0 Å². The number of thioether (sulfide) groups is 1. The summed E-state index contributed by atoms with van der Waals surface area (Å²) in [6.07, 6.45) is 8.97. The Hall–Kier alpha value is -2.21. The number of carbonyl (C=O) groups excluding carboxylic acids is 2. The van der Waals surface area contributed by atoms with Gasteiger partial charge in [0, 0.05) is 42.4 Å². The van der Waals surface area contributed by atoms with E-state index in [4.69, 9.17) is 4.42 Å². The zero-order valence-corrected chi connectivity index (χ0v) is 19.9. The first kappa shape index (κ1) is 21.3. The summed E-state index contributed by atoms with van der Waals surface area (Å²) in [5.74, 6) is 3.79. The maximum atomic E-state index is 13.6. The minimum atomic E-state index is -0.0935. The predicted octanol–water partition coefficient (Wildman–Crippen LogP) is 5.07. The fraction of sp³-hybridized carbons (Fsp3) is 0.556. The van der Waals surface area contributed by atoms with Crippen LogP contribution in [0.15, 0.2) is 52.0 Å². The van der Waals surface area contributed by atoms with Crippen molar-refractivity contribution in [2.45, 2.75) is 49.2 Å². The molecule has 5 fully saturated rings. The fourth-order valence-electron chi connectivity index (χ4n) is 7.28. The molecule has 0 atom stereocenters. The van der Waals surface area contributed by atoms with E-state index in [0.29, 0.717) is 43.6 Å². The zero-order chi connectivity index (χ0) is 22.4. The van der Waals surface area contributed by atoms with Crippen molar-refractivity contribution in [2.24, 2.45) is 23.2 Å². The van der Waals surface area contributed by atoms with E-state index in [-0.39, 0.29) is 11.3 Å². The average Bonchev–Trinajstić information content (AvgIpc) is 3.30. The van der Waals surface area contributed by atoms with Crippen molar-refractivity contribution in [3.8, 4) is 0 Å². The van der Waals surface area contributed by atoms with E-state index in [2.05, 4.69) is 17.0 Å². The minimum absolute atomic E-state index is 0.0504. The molecule has 5 aliphatic rings. The van der Waals surface area contributed by atoms with Gasteiger partial charge in [0.1, 0.15) is 0 Å². The van der Waals surface area contributed by atoms with Gasteiger partial charge in [-0.2, -0.15) is 0 Å². The lowest BCUT2D eigenvalue weighted by Gasteiger charge is -2.57. The van der Waals surface area contributed by atoms with Crippen LogP contribution in [0.1, 0.15) is 54.6 Å². The van der Waals surface area contributed by atoms with Crippen LogP contribution in [0.5, 0.6) is 0 Å². The molecule has 7 rings (SSSR count). The van der Waals surface area contributed by atoms with Gasteiger partial charge in [-0.25, -0.2) is 0 Å². The van der Waals surface area contributed by atoms with Crippen molar-refractivity contribution in [1.82, 2.24) is 9.80 Å². The molecule has 1 aromatic heterocycles. The maximum absolute atomic E-state index is 13.6. The molecule has 4 saturated carbocycles. The molecule has 2 aromatic rings. The van der Waals surface area contributed by atoms with Gasteiger partial charge >= 0.3 is 0 Å². The molecule has 0 spiro atoms. The van der Waals surface area contributed by atoms with E-state index in [0.717, 1.165) is 42.6 Å². The normalized spacial score (nSPS) is 30.6. The number of rotatable bonds is 5. The van der Waals surface area contributed by atoms with Crippen molar-refractivity contribution in [3.05, 3.63) is 54.0 Å². The van der Waals surface area contributed by atoms with Crippen LogP contribution in [0, 0.1) is 23.2 Å². The van der Waals surface area contributed by atoms with Crippen molar-refractivity contribution in [2.75, 3.05) is 26.2 Å². The summed E-state index contributed by atoms with van der Waals surface area (Å²) in [5.41, 5.74) is 0.838. The summed E-state index contributed by atoms with van der Waals surface area (Å²) < 4.78 is 5.62. The third-order valence-corrected chi connectivity index (χ3v) is 9.49. The summed E-state index contributed by atoms with van der Waals surface area (Å²) in [5, 5.41) is 0. The second-order valence-corrected chi connectivity index (χ2v) is 11.7. The van der Waals surface area contributed by atoms with Gasteiger partial charge in [-0.05, 0) is 74.5 Å². The second kappa shape index (κ2) is 8.53. The van der Waals surface area contributed by atoms with Crippen molar-refractivity contribution < 1.29 is 14.0 Å². The van der Waals surface area contributed by atoms with E-state index >= 15 is 0 Å². The Morgan fingerprint density at radius 1 is 0.879 bits per heavy atom. The van der Waals surface area contributed by atoms with Crippen LogP contribution >= 0.6 is 11.8 Å². The topological polar surface area (TPSA) is 53.8 Å². The van der Waals surface area contributed by atoms with Gasteiger partial charge in [0.2, 0.25) is 5.91 Å². The summed E-state index contributed by atoms with van der Waals surface area (Å²) in [4.78, 5) is 31.9. The fourth-order valence-corrected chi connectivity index (χ4v) is 8.18. The Kier molecular flexibility index (Phi) is 5.52. The lowest BCUT2D eigenvalue weighted by atomic mass is 9.49. The van der Waals surface area contributed by atoms with Gasteiger partial charge in [-0.1, -0.05) is 18.2 Å². The maximum Gasteiger partial charge on any atom is 0.289 e. The molecule has 33 heavy (non-hydrogen) atoms. The number of piperazine rings is 1. The standard InChI is InChI=1S/C27H32N2O3S/c30-25(24-22(6-11-32-24)18-33-23-4-2-1-3-5-23)28-7-9-29(10-8-28)26(31)27-15-19-12-20(16-27)14-21(13-19)17-27/h1-6,11,19-21H,7-10,12-18H2. The molecule has 4 bridgehead atoms. The first-order valence-corrected chi connectivity index (χ1v) is 13.4. The Balaban J connectivity index is 1.07. The quantitative estimate of drug-likeness (QED) is 0.580. The van der Waals surface area contributed by atoms with Gasteiger partial charge in [0.25, 0.3) is 5.91 Å². The highest BCUT2D eigenvalue weighted by Crippen LogP contribution is 2.60. The second-order valence-electron chi connectivity index (χ2n) is 10.7. The van der Waals surface area contributed by atoms with Crippen LogP contribution in [-0.2, 0) is 10.5 Å². The highest BCUT2D eigenvalue weighted by molar-refractivity contribution is 7.98. The van der Waals surface area contributed by atoms with E-state index in [9.17, 15) is 9.59 Å². The molecule has 4 aliphatic carbocycles. The summed E-state index contributed by atoms with van der Waals surface area (Å²) >= 11 is 1.70. The van der Waals surface area contributed by atoms with E-state index < -0.39 is 0 Å². The zero-order valence-electron chi connectivity index (χ0n) is 19.1. The first-order valence-electron chi connectivity index (χ1n) is 12.4. The molecule has 5 nitrogen and oxygen atoms in total. The van der Waals surface area contributed by atoms with Crippen molar-refractivity contribution >= 4 is 23.6 Å². The largest absolute Gasteiger partial charge is 0.459 e. The Labute approximate surface area is 199 Å². The summed E-state index contributed by atoms with van der Waals surface area (Å²) in [6, 6.07) is 12.1. The van der Waals surface area contributed by atoms with Gasteiger partial charge < -0.3 is 14.2 Å². The number of hydrogen-bond acceptors (Lipinski definition) is 4. The highest BCUT2D eigenvalue weighted by atomic mass is 32.2. The van der Waals surface area contributed by atoms with E-state index in [1.807, 2.05) is 29.2 Å². The smallest absolute Gasteiger partial charge is 0.289 e. The van der Waals surface area contributed by atoms with Gasteiger partial charge in [0.05, 0.1) is 11.7 Å². The first-order chi connectivity index (χ1) is 16.1. The number of benzene rings is 1. The number of amides is 2. The number of furan rings is 1. The average molecular weight is 465 g/mol. The van der Waals surface area contributed by atoms with E-state index in [1.54, 1.807) is 18.0 Å². The molecule has 0 radical (unpaired) electrons. The molecule has 0 N–H and O–H groups in total. The summed E-state index contributed by atoms with van der Waals surface area (Å²) in [6.45, 7) is 2.45. The molecule has 2 amide bonds. The lowest BCUT2D eigenvalue weighted by Crippen LogP contribution is -2.58. The van der Waals surface area contributed by atoms with Crippen LogP contribution < -0.4 is 0 Å². The Morgan fingerprint density at radius 3 is 2.12 bits per heavy atom. The Morgan fingerprint density at radius 2 is 1.48 bits per heavy atom. The van der Waals surface area contributed by atoms with Crippen LogP contribution in [0.25, 0.3) is 0 Å². The molecule has 1 aliphatic heterocycles. The molecule has 174 valence electrons. The van der Waals surface area contributed by atoms with Gasteiger partial charge in [-0.15, -0.1) is 11.8 Å². The number of hydrogen-bond donors (Lipinski definition) is 0. The third kappa shape index (κ3) is 4.01. The number of nitrogens with zero attached hydrogens (tertiary/aromatic N) is 2. The van der Waals surface area contributed by atoms with Crippen LogP contribution in [0.4, 0.5) is 0 Å². The van der Waals surface area contributed by atoms with Gasteiger partial charge in [0.15, 0.2) is 5.76 Å². The Bertz CT molecular complexity index is 990. The molecular weight excluding hydrogens is 432 g/mol. The monoisotopic (exact) mass is 464 g/mol. The third-order valence-electron chi connectivity index (χ3n) is 8.42. The molecule has 6 heteroatoms. The molecule has 2 heterocycles. The van der Waals surface area contributed by atoms with Crippen molar-refractivity contribution in [1.29, 1.82) is 0 Å². The summed E-state index contributed by atoms with van der Waals surface area (Å²) in [7, 11) is 0. The molecule has 1 saturated heterocycles. The number of carbonyl (C=O) groups is 2. The van der Waals surface area contributed by atoms with Gasteiger partial charge in [-0.3, -0.25) is 9.59 Å². The predicted molar refractivity (Wildman–Crippen MR) is 128 cm³/mol. The minimum Gasteiger partial charge on any atom is -0.459 e. The van der Waals surface area contributed by atoms with Crippen LogP contribution in [0.3, 0.4) is 0 Å². The van der Waals surface area contributed by atoms with Crippen LogP contribution in [0.2, 0.25) is 0 Å². The lowest BCUT2D eigenvalue weighted by molar-refractivity contribution is -0.159. The van der Waals surface area contributed by atoms with Crippen LogP contribution in [-0.4, -0.2) is 47.8 Å². The van der Waals surface area contributed by atoms with E-state index in [1.165, 1.54) is 24.2 Å². The SMILES string of the molecule is O=C(c1occc1CSc1ccccc1)N1CCN(C(=O)C23CC4CC(CC(C4)C2)C3)CC1.